The number of sulfonamides is 1. The highest BCUT2D eigenvalue weighted by Crippen LogP contribution is 2.31. The van der Waals surface area contributed by atoms with Crippen LogP contribution < -0.4 is 10.0 Å². The van der Waals surface area contributed by atoms with Crippen molar-refractivity contribution in [1.29, 1.82) is 0 Å². The number of nitrogens with one attached hydrogen (secondary N) is 2. The first-order valence-corrected chi connectivity index (χ1v) is 11.5. The first kappa shape index (κ1) is 18.6. The summed E-state index contributed by atoms with van der Waals surface area (Å²) in [6.07, 6.45) is 3.67. The highest BCUT2D eigenvalue weighted by Gasteiger charge is 2.35. The van der Waals surface area contributed by atoms with Crippen LogP contribution in [-0.2, 0) is 16.6 Å². The van der Waals surface area contributed by atoms with Crippen LogP contribution in [0.3, 0.4) is 0 Å². The molecule has 0 aliphatic carbocycles. The van der Waals surface area contributed by atoms with E-state index in [4.69, 9.17) is 4.98 Å². The number of para-hydroxylation sites is 1. The van der Waals surface area contributed by atoms with Crippen molar-refractivity contribution in [2.45, 2.75) is 37.4 Å². The zero-order chi connectivity index (χ0) is 20.0. The number of nitrogens with zero attached hydrogens (tertiary/aromatic N) is 3. The molecule has 0 saturated carbocycles. The van der Waals surface area contributed by atoms with Gasteiger partial charge in [0.2, 0.25) is 10.0 Å². The zero-order valence-electron chi connectivity index (χ0n) is 16.4. The van der Waals surface area contributed by atoms with E-state index >= 15 is 0 Å². The molecule has 2 N–H and O–H groups in total. The van der Waals surface area contributed by atoms with Crippen LogP contribution >= 0.6 is 0 Å². The molecule has 2 aliphatic rings. The predicted molar refractivity (Wildman–Crippen MR) is 112 cm³/mol. The summed E-state index contributed by atoms with van der Waals surface area (Å²) in [5, 5.41) is 3.39. The summed E-state index contributed by atoms with van der Waals surface area (Å²) in [6, 6.07) is 13.3. The quantitative estimate of drug-likeness (QED) is 0.693. The smallest absolute Gasteiger partial charge is 0.244 e. The lowest BCUT2D eigenvalue weighted by Crippen LogP contribution is -2.51. The average Bonchev–Trinajstić information content (AvgIpc) is 3.04. The molecule has 2 aromatic heterocycles. The topological polar surface area (TPSA) is 78.7 Å². The second-order valence-corrected chi connectivity index (χ2v) is 9.60. The molecule has 29 heavy (non-hydrogen) atoms. The van der Waals surface area contributed by atoms with Gasteiger partial charge in [0.15, 0.2) is 0 Å². The van der Waals surface area contributed by atoms with Crippen LogP contribution in [-0.4, -0.2) is 42.0 Å². The third kappa shape index (κ3) is 3.41. The van der Waals surface area contributed by atoms with Crippen molar-refractivity contribution >= 4 is 21.2 Å². The van der Waals surface area contributed by atoms with E-state index in [0.29, 0.717) is 10.6 Å². The van der Waals surface area contributed by atoms with Gasteiger partial charge >= 0.3 is 0 Å². The van der Waals surface area contributed by atoms with E-state index in [1.165, 1.54) is 0 Å². The molecule has 8 heteroatoms. The maximum atomic E-state index is 12.6. The van der Waals surface area contributed by atoms with Crippen molar-refractivity contribution in [2.24, 2.45) is 5.92 Å². The van der Waals surface area contributed by atoms with Crippen molar-refractivity contribution < 1.29 is 8.42 Å². The van der Waals surface area contributed by atoms with Crippen LogP contribution in [0.1, 0.15) is 24.4 Å². The Bertz CT molecular complexity index is 1150. The first-order valence-electron chi connectivity index (χ1n) is 10.0. The van der Waals surface area contributed by atoms with Crippen LogP contribution in [0.15, 0.2) is 53.6 Å². The van der Waals surface area contributed by atoms with Gasteiger partial charge in [0.05, 0.1) is 23.1 Å². The highest BCUT2D eigenvalue weighted by molar-refractivity contribution is 7.89. The third-order valence-corrected chi connectivity index (χ3v) is 7.55. The number of hydrogen-bond acceptors (Lipinski definition) is 5. The lowest BCUT2D eigenvalue weighted by molar-refractivity contribution is 0.162. The van der Waals surface area contributed by atoms with Gasteiger partial charge in [0.25, 0.3) is 0 Å². The minimum absolute atomic E-state index is 0.257. The number of aryl methyl sites for hydroxylation is 1. The van der Waals surface area contributed by atoms with Gasteiger partial charge in [-0.15, -0.1) is 0 Å². The Morgan fingerprint density at radius 3 is 2.69 bits per heavy atom. The second-order valence-electron chi connectivity index (χ2n) is 7.91. The molecule has 152 valence electrons. The molecule has 0 unspecified atom stereocenters. The fourth-order valence-electron chi connectivity index (χ4n) is 4.50. The summed E-state index contributed by atoms with van der Waals surface area (Å²) in [4.78, 5) is 7.50. The van der Waals surface area contributed by atoms with Gasteiger partial charge in [-0.05, 0) is 63.0 Å². The fourth-order valence-corrected chi connectivity index (χ4v) is 5.89. The number of imidazole rings is 1. The Morgan fingerprint density at radius 2 is 1.86 bits per heavy atom. The van der Waals surface area contributed by atoms with Gasteiger partial charge < -0.3 is 9.72 Å². The maximum absolute atomic E-state index is 12.6. The van der Waals surface area contributed by atoms with Gasteiger partial charge in [0.1, 0.15) is 10.7 Å². The predicted octanol–water partition coefficient (Wildman–Crippen LogP) is 2.58. The number of rotatable bonds is 3. The van der Waals surface area contributed by atoms with E-state index < -0.39 is 10.0 Å². The highest BCUT2D eigenvalue weighted by atomic mass is 32.2. The van der Waals surface area contributed by atoms with E-state index in [1.807, 2.05) is 37.4 Å². The van der Waals surface area contributed by atoms with Crippen LogP contribution in [0.5, 0.6) is 0 Å². The summed E-state index contributed by atoms with van der Waals surface area (Å²) in [5.41, 5.74) is 2.95. The van der Waals surface area contributed by atoms with Crippen LogP contribution in [0.4, 0.5) is 5.69 Å². The van der Waals surface area contributed by atoms with Gasteiger partial charge in [-0.1, -0.05) is 18.2 Å². The van der Waals surface area contributed by atoms with E-state index in [1.54, 1.807) is 12.1 Å². The molecule has 0 bridgehead atoms. The molecule has 3 aromatic rings. The molecule has 2 aliphatic heterocycles. The Labute approximate surface area is 170 Å². The number of aromatic nitrogens is 2. The van der Waals surface area contributed by atoms with E-state index in [2.05, 4.69) is 25.4 Å². The standard InChI is InChI=1S/C21H25N5O2S/c1-15-22-18(19-7-4-5-11-26(15)19)14-25-12-9-16(10-13-25)21-23-17-6-2-3-8-20(17)29(27,28)24-21/h2-8,11,16,21,23-24H,9-10,12-14H2,1H3/t21-/m0/s1. The van der Waals surface area contributed by atoms with Crippen LogP contribution in [0.2, 0.25) is 0 Å². The summed E-state index contributed by atoms with van der Waals surface area (Å²) in [7, 11) is -3.46. The molecular formula is C21H25N5O2S. The van der Waals surface area contributed by atoms with Gasteiger partial charge in [-0.25, -0.2) is 13.4 Å². The van der Waals surface area contributed by atoms with Gasteiger partial charge in [0, 0.05) is 12.7 Å². The normalized spacial score (nSPS) is 22.3. The number of pyridine rings is 1. The van der Waals surface area contributed by atoms with E-state index in [9.17, 15) is 8.42 Å². The number of likely N-dealkylation sites (tertiary alicyclic amines) is 1. The average molecular weight is 412 g/mol. The molecule has 0 amide bonds. The SMILES string of the molecule is Cc1nc(CN2CCC([C@H]3Nc4ccccc4S(=O)(=O)N3)CC2)c2ccccn12. The lowest BCUT2D eigenvalue weighted by Gasteiger charge is -2.38. The van der Waals surface area contributed by atoms with Crippen molar-refractivity contribution in [1.82, 2.24) is 19.0 Å². The lowest BCUT2D eigenvalue weighted by atomic mass is 9.93. The largest absolute Gasteiger partial charge is 0.368 e. The number of anilines is 1. The Morgan fingerprint density at radius 1 is 1.10 bits per heavy atom. The van der Waals surface area contributed by atoms with E-state index in [0.717, 1.165) is 49.5 Å². The minimum Gasteiger partial charge on any atom is -0.368 e. The van der Waals surface area contributed by atoms with Crippen molar-refractivity contribution in [3.63, 3.8) is 0 Å². The van der Waals surface area contributed by atoms with Crippen LogP contribution in [0.25, 0.3) is 5.52 Å². The van der Waals surface area contributed by atoms with Gasteiger partial charge in [-0.3, -0.25) is 4.90 Å². The minimum atomic E-state index is -3.46. The summed E-state index contributed by atoms with van der Waals surface area (Å²) in [6.45, 7) is 4.70. The second kappa shape index (κ2) is 7.12. The summed E-state index contributed by atoms with van der Waals surface area (Å²) in [5.74, 6) is 1.26. The molecule has 1 saturated heterocycles. The fraction of sp³-hybridized carbons (Fsp3) is 0.381. The first-order chi connectivity index (χ1) is 14.0. The van der Waals surface area contributed by atoms with Crippen LogP contribution in [0, 0.1) is 12.8 Å². The molecule has 0 radical (unpaired) electrons. The summed E-state index contributed by atoms with van der Waals surface area (Å²) >= 11 is 0. The molecule has 7 nitrogen and oxygen atoms in total. The third-order valence-electron chi connectivity index (χ3n) is 6.05. The Hall–Kier alpha value is -2.42. The molecule has 1 aromatic carbocycles. The molecule has 1 fully saturated rings. The number of hydrogen-bond donors (Lipinski definition) is 2. The maximum Gasteiger partial charge on any atom is 0.244 e. The number of fused-ring (bicyclic) bond motifs is 2. The molecule has 1 atom stereocenters. The molecular weight excluding hydrogens is 386 g/mol. The zero-order valence-corrected chi connectivity index (χ0v) is 17.2. The number of benzene rings is 1. The van der Waals surface area contributed by atoms with Crippen molar-refractivity contribution in [3.05, 3.63) is 60.2 Å². The van der Waals surface area contributed by atoms with Crippen molar-refractivity contribution in [3.8, 4) is 0 Å². The van der Waals surface area contributed by atoms with Gasteiger partial charge in [-0.2, -0.15) is 4.72 Å². The Kier molecular flexibility index (Phi) is 4.57. The molecule has 0 spiro atoms. The van der Waals surface area contributed by atoms with Crippen molar-refractivity contribution in [2.75, 3.05) is 18.4 Å². The van der Waals surface area contributed by atoms with E-state index in [-0.39, 0.29) is 12.1 Å². The molecule has 4 heterocycles. The summed E-state index contributed by atoms with van der Waals surface area (Å²) < 4.78 is 30.1. The number of piperidine rings is 1. The Balaban J connectivity index is 1.26. The monoisotopic (exact) mass is 411 g/mol. The molecule has 5 rings (SSSR count).